The van der Waals surface area contributed by atoms with Crippen molar-refractivity contribution in [1.82, 2.24) is 5.32 Å². The molecule has 86 valence electrons. The van der Waals surface area contributed by atoms with Gasteiger partial charge in [0.25, 0.3) is 0 Å². The molecule has 1 nitrogen and oxygen atoms in total. The molecular weight excluding hydrogens is 182 g/mol. The van der Waals surface area contributed by atoms with Gasteiger partial charge in [0.15, 0.2) is 0 Å². The van der Waals surface area contributed by atoms with Gasteiger partial charge in [-0.25, -0.2) is 0 Å². The van der Waals surface area contributed by atoms with Gasteiger partial charge in [0.2, 0.25) is 0 Å². The maximum absolute atomic E-state index is 3.81. The first-order valence-corrected chi connectivity index (χ1v) is 7.15. The number of hydrogen-bond acceptors (Lipinski definition) is 1. The zero-order valence-corrected chi connectivity index (χ0v) is 9.88. The standard InChI is InChI=1S/C14H25N/c1-2-13(12-6-7-12)10-14(3-1)15-9-8-11-4-5-11/h11-15H,1-10H2. The summed E-state index contributed by atoms with van der Waals surface area (Å²) in [7, 11) is 0. The van der Waals surface area contributed by atoms with Crippen LogP contribution in [0.25, 0.3) is 0 Å². The highest BCUT2D eigenvalue weighted by molar-refractivity contribution is 4.88. The SMILES string of the molecule is C1CC(NCCC2CC2)CC(C2CC2)C1. The molecule has 2 unspecified atom stereocenters. The first-order valence-electron chi connectivity index (χ1n) is 7.15. The van der Waals surface area contributed by atoms with Gasteiger partial charge in [0.1, 0.15) is 0 Å². The van der Waals surface area contributed by atoms with Gasteiger partial charge in [0.05, 0.1) is 0 Å². The smallest absolute Gasteiger partial charge is 0.00698 e. The van der Waals surface area contributed by atoms with E-state index in [1.165, 1.54) is 51.5 Å². The predicted molar refractivity (Wildman–Crippen MR) is 63.8 cm³/mol. The van der Waals surface area contributed by atoms with Gasteiger partial charge in [-0.3, -0.25) is 0 Å². The lowest BCUT2D eigenvalue weighted by molar-refractivity contribution is 0.260. The predicted octanol–water partition coefficient (Wildman–Crippen LogP) is 3.34. The highest BCUT2D eigenvalue weighted by Crippen LogP contribution is 2.43. The molecule has 3 fully saturated rings. The van der Waals surface area contributed by atoms with E-state index in [1.54, 1.807) is 12.8 Å². The van der Waals surface area contributed by atoms with Crippen LogP contribution >= 0.6 is 0 Å². The summed E-state index contributed by atoms with van der Waals surface area (Å²) in [6.45, 7) is 1.30. The molecule has 3 saturated carbocycles. The molecule has 0 amide bonds. The summed E-state index contributed by atoms with van der Waals surface area (Å²) in [4.78, 5) is 0. The molecule has 3 aliphatic carbocycles. The van der Waals surface area contributed by atoms with E-state index in [0.29, 0.717) is 0 Å². The average Bonchev–Trinajstić information content (AvgIpc) is 3.13. The Morgan fingerprint density at radius 3 is 2.47 bits per heavy atom. The molecule has 0 heterocycles. The van der Waals surface area contributed by atoms with Crippen LogP contribution in [0.2, 0.25) is 0 Å². The van der Waals surface area contributed by atoms with Crippen molar-refractivity contribution in [3.8, 4) is 0 Å². The Morgan fingerprint density at radius 2 is 1.73 bits per heavy atom. The molecule has 1 heteroatoms. The van der Waals surface area contributed by atoms with Crippen molar-refractivity contribution >= 4 is 0 Å². The molecule has 0 aromatic carbocycles. The maximum atomic E-state index is 3.81. The van der Waals surface area contributed by atoms with Crippen LogP contribution < -0.4 is 5.32 Å². The molecule has 0 radical (unpaired) electrons. The molecule has 3 rings (SSSR count). The summed E-state index contributed by atoms with van der Waals surface area (Å²) in [6.07, 6.45) is 13.5. The summed E-state index contributed by atoms with van der Waals surface area (Å²) in [5.74, 6) is 3.33. The number of rotatable bonds is 5. The van der Waals surface area contributed by atoms with E-state index in [1.807, 2.05) is 0 Å². The molecule has 0 bridgehead atoms. The second kappa shape index (κ2) is 4.45. The Kier molecular flexibility index (Phi) is 3.01. The lowest BCUT2D eigenvalue weighted by atomic mass is 9.82. The van der Waals surface area contributed by atoms with Crippen LogP contribution in [0.4, 0.5) is 0 Å². The van der Waals surface area contributed by atoms with E-state index >= 15 is 0 Å². The van der Waals surface area contributed by atoms with Crippen LogP contribution in [0, 0.1) is 17.8 Å². The van der Waals surface area contributed by atoms with Crippen LogP contribution in [-0.2, 0) is 0 Å². The fraction of sp³-hybridized carbons (Fsp3) is 1.00. The molecule has 0 saturated heterocycles. The Hall–Kier alpha value is -0.0400. The molecule has 15 heavy (non-hydrogen) atoms. The van der Waals surface area contributed by atoms with Crippen LogP contribution in [0.5, 0.6) is 0 Å². The minimum absolute atomic E-state index is 0.878. The van der Waals surface area contributed by atoms with Crippen molar-refractivity contribution in [2.75, 3.05) is 6.54 Å². The third-order valence-corrected chi connectivity index (χ3v) is 4.69. The second-order valence-corrected chi connectivity index (χ2v) is 6.15. The lowest BCUT2D eigenvalue weighted by Gasteiger charge is -2.30. The van der Waals surface area contributed by atoms with Gasteiger partial charge < -0.3 is 5.32 Å². The minimum atomic E-state index is 0.878. The Morgan fingerprint density at radius 1 is 0.867 bits per heavy atom. The van der Waals surface area contributed by atoms with Gasteiger partial charge in [-0.05, 0) is 56.4 Å². The largest absolute Gasteiger partial charge is 0.314 e. The van der Waals surface area contributed by atoms with E-state index in [2.05, 4.69) is 5.32 Å². The monoisotopic (exact) mass is 207 g/mol. The minimum Gasteiger partial charge on any atom is -0.314 e. The Balaban J connectivity index is 1.36. The first-order chi connectivity index (χ1) is 7.42. The van der Waals surface area contributed by atoms with Gasteiger partial charge in [-0.1, -0.05) is 25.7 Å². The van der Waals surface area contributed by atoms with E-state index in [-0.39, 0.29) is 0 Å². The van der Waals surface area contributed by atoms with E-state index in [0.717, 1.165) is 23.8 Å². The molecule has 0 aromatic heterocycles. The molecular formula is C14H25N. The summed E-state index contributed by atoms with van der Waals surface area (Å²) in [5.41, 5.74) is 0. The molecule has 3 aliphatic rings. The normalized spacial score (nSPS) is 36.8. The summed E-state index contributed by atoms with van der Waals surface area (Å²) >= 11 is 0. The molecule has 0 spiro atoms. The van der Waals surface area contributed by atoms with Gasteiger partial charge in [0, 0.05) is 6.04 Å². The van der Waals surface area contributed by atoms with Crippen molar-refractivity contribution in [3.05, 3.63) is 0 Å². The number of hydrogen-bond donors (Lipinski definition) is 1. The first kappa shape index (κ1) is 10.1. The van der Waals surface area contributed by atoms with E-state index in [4.69, 9.17) is 0 Å². The third kappa shape index (κ3) is 2.96. The topological polar surface area (TPSA) is 12.0 Å². The van der Waals surface area contributed by atoms with Crippen LogP contribution in [-0.4, -0.2) is 12.6 Å². The van der Waals surface area contributed by atoms with Crippen molar-refractivity contribution in [1.29, 1.82) is 0 Å². The number of nitrogens with one attached hydrogen (secondary N) is 1. The maximum Gasteiger partial charge on any atom is 0.00698 e. The van der Waals surface area contributed by atoms with Crippen LogP contribution in [0.15, 0.2) is 0 Å². The zero-order chi connectivity index (χ0) is 10.1. The molecule has 0 aliphatic heterocycles. The van der Waals surface area contributed by atoms with Crippen molar-refractivity contribution in [2.45, 2.75) is 63.8 Å². The van der Waals surface area contributed by atoms with Crippen molar-refractivity contribution < 1.29 is 0 Å². The Bertz CT molecular complexity index is 205. The van der Waals surface area contributed by atoms with Crippen LogP contribution in [0.1, 0.15) is 57.8 Å². The van der Waals surface area contributed by atoms with Crippen molar-refractivity contribution in [3.63, 3.8) is 0 Å². The lowest BCUT2D eigenvalue weighted by Crippen LogP contribution is -2.35. The second-order valence-electron chi connectivity index (χ2n) is 6.15. The van der Waals surface area contributed by atoms with Gasteiger partial charge >= 0.3 is 0 Å². The van der Waals surface area contributed by atoms with Gasteiger partial charge in [-0.15, -0.1) is 0 Å². The molecule has 2 atom stereocenters. The molecule has 1 N–H and O–H groups in total. The summed E-state index contributed by atoms with van der Waals surface area (Å²) < 4.78 is 0. The highest BCUT2D eigenvalue weighted by atomic mass is 14.9. The van der Waals surface area contributed by atoms with E-state index < -0.39 is 0 Å². The Labute approximate surface area is 94.0 Å². The fourth-order valence-corrected chi connectivity index (χ4v) is 3.31. The third-order valence-electron chi connectivity index (χ3n) is 4.69. The molecule has 0 aromatic rings. The quantitative estimate of drug-likeness (QED) is 0.729. The zero-order valence-electron chi connectivity index (χ0n) is 9.88. The fourth-order valence-electron chi connectivity index (χ4n) is 3.31. The van der Waals surface area contributed by atoms with E-state index in [9.17, 15) is 0 Å². The van der Waals surface area contributed by atoms with Crippen LogP contribution in [0.3, 0.4) is 0 Å². The summed E-state index contributed by atoms with van der Waals surface area (Å²) in [6, 6.07) is 0.878. The average molecular weight is 207 g/mol. The van der Waals surface area contributed by atoms with Gasteiger partial charge in [-0.2, -0.15) is 0 Å². The summed E-state index contributed by atoms with van der Waals surface area (Å²) in [5, 5.41) is 3.81. The highest BCUT2D eigenvalue weighted by Gasteiger charge is 2.34. The van der Waals surface area contributed by atoms with Crippen molar-refractivity contribution in [2.24, 2.45) is 17.8 Å².